The molecule has 3 fully saturated rings. The Labute approximate surface area is 141 Å². The van der Waals surface area contributed by atoms with Crippen molar-refractivity contribution >= 4 is 0 Å². The van der Waals surface area contributed by atoms with Crippen molar-refractivity contribution in [2.75, 3.05) is 13.2 Å². The number of hydrogen-bond donors (Lipinski definition) is 0. The van der Waals surface area contributed by atoms with E-state index in [2.05, 4.69) is 27.7 Å². The minimum atomic E-state index is -0.368. The van der Waals surface area contributed by atoms with Crippen molar-refractivity contribution in [3.05, 3.63) is 0 Å². The Morgan fingerprint density at radius 3 is 1.83 bits per heavy atom. The van der Waals surface area contributed by atoms with Crippen molar-refractivity contribution in [2.24, 2.45) is 11.8 Å². The quantitative estimate of drug-likeness (QED) is 0.756. The summed E-state index contributed by atoms with van der Waals surface area (Å²) in [5.74, 6) is 0.642. The largest absolute Gasteiger partial charge is 0.347 e. The molecule has 3 rings (SSSR count). The fraction of sp³-hybridized carbons (Fsp3) is 1.00. The Bertz CT molecular complexity index is 385. The van der Waals surface area contributed by atoms with Gasteiger partial charge in [-0.15, -0.1) is 0 Å². The second-order valence-electron chi connectivity index (χ2n) is 8.52. The van der Waals surface area contributed by atoms with Gasteiger partial charge in [-0.05, 0) is 31.1 Å². The third-order valence-corrected chi connectivity index (χ3v) is 5.40. The van der Waals surface area contributed by atoms with Gasteiger partial charge in [-0.1, -0.05) is 27.7 Å². The summed E-state index contributed by atoms with van der Waals surface area (Å²) in [5.41, 5.74) is 0. The maximum absolute atomic E-state index is 6.30. The van der Waals surface area contributed by atoms with E-state index in [1.165, 1.54) is 6.42 Å². The van der Waals surface area contributed by atoms with Crippen LogP contribution in [0.4, 0.5) is 0 Å². The lowest BCUT2D eigenvalue weighted by Gasteiger charge is -2.40. The number of rotatable bonds is 5. The molecule has 23 heavy (non-hydrogen) atoms. The number of ether oxygens (including phenoxy) is 4. The predicted molar refractivity (Wildman–Crippen MR) is 89.1 cm³/mol. The highest BCUT2D eigenvalue weighted by atomic mass is 16.8. The van der Waals surface area contributed by atoms with Gasteiger partial charge in [-0.25, -0.2) is 0 Å². The van der Waals surface area contributed by atoms with Crippen molar-refractivity contribution in [3.8, 4) is 0 Å². The standard InChI is InChI=1S/C19H34O4/c1-14(2)5-6-16-12-20-18(22-16)7-9-19(10-8-18)21-13-17(23-19)11-15(3)4/h14-17H,5-13H2,1-4H3. The molecule has 2 unspecified atom stereocenters. The van der Waals surface area contributed by atoms with Crippen LogP contribution in [-0.2, 0) is 18.9 Å². The summed E-state index contributed by atoms with van der Waals surface area (Å²) in [6.45, 7) is 10.5. The highest BCUT2D eigenvalue weighted by molar-refractivity contribution is 4.92. The molecule has 0 aromatic rings. The van der Waals surface area contributed by atoms with E-state index in [0.717, 1.165) is 57.7 Å². The molecule has 2 atom stereocenters. The van der Waals surface area contributed by atoms with E-state index in [0.29, 0.717) is 5.92 Å². The van der Waals surface area contributed by atoms with Crippen molar-refractivity contribution in [1.82, 2.24) is 0 Å². The van der Waals surface area contributed by atoms with Crippen LogP contribution < -0.4 is 0 Å². The van der Waals surface area contributed by atoms with Crippen LogP contribution in [0.2, 0.25) is 0 Å². The summed E-state index contributed by atoms with van der Waals surface area (Å²) in [4.78, 5) is 0. The molecule has 134 valence electrons. The molecule has 2 saturated heterocycles. The van der Waals surface area contributed by atoms with Crippen LogP contribution in [0, 0.1) is 11.8 Å². The SMILES string of the molecule is CC(C)CCC1COC2(CCC3(CC2)OCC(CC(C)C)O3)O1. The van der Waals surface area contributed by atoms with Crippen LogP contribution >= 0.6 is 0 Å². The molecule has 0 aromatic carbocycles. The molecular formula is C19H34O4. The lowest BCUT2D eigenvalue weighted by Crippen LogP contribution is -2.45. The molecule has 0 radical (unpaired) electrons. The van der Waals surface area contributed by atoms with Crippen molar-refractivity contribution in [2.45, 2.75) is 96.4 Å². The van der Waals surface area contributed by atoms with E-state index in [1.54, 1.807) is 0 Å². The Hall–Kier alpha value is -0.160. The summed E-state index contributed by atoms with van der Waals surface area (Å²) < 4.78 is 24.7. The van der Waals surface area contributed by atoms with Gasteiger partial charge in [0.1, 0.15) is 0 Å². The molecule has 1 aliphatic carbocycles. The van der Waals surface area contributed by atoms with Crippen LogP contribution in [0.1, 0.15) is 72.6 Å². The van der Waals surface area contributed by atoms with Crippen molar-refractivity contribution in [3.63, 3.8) is 0 Å². The first-order chi connectivity index (χ1) is 10.9. The Balaban J connectivity index is 1.47. The lowest BCUT2D eigenvalue weighted by molar-refractivity contribution is -0.259. The monoisotopic (exact) mass is 326 g/mol. The molecule has 0 N–H and O–H groups in total. The molecular weight excluding hydrogens is 292 g/mol. The average molecular weight is 326 g/mol. The van der Waals surface area contributed by atoms with E-state index in [9.17, 15) is 0 Å². The summed E-state index contributed by atoms with van der Waals surface area (Å²) in [6.07, 6.45) is 7.47. The fourth-order valence-corrected chi connectivity index (χ4v) is 4.07. The fourth-order valence-electron chi connectivity index (χ4n) is 4.07. The molecule has 2 spiro atoms. The van der Waals surface area contributed by atoms with Gasteiger partial charge in [0.2, 0.25) is 0 Å². The van der Waals surface area contributed by atoms with Gasteiger partial charge in [0.05, 0.1) is 25.4 Å². The first-order valence-electron chi connectivity index (χ1n) is 9.54. The molecule has 0 aromatic heterocycles. The van der Waals surface area contributed by atoms with E-state index < -0.39 is 0 Å². The van der Waals surface area contributed by atoms with Gasteiger partial charge in [0, 0.05) is 25.7 Å². The molecule has 0 bridgehead atoms. The van der Waals surface area contributed by atoms with Gasteiger partial charge in [0.15, 0.2) is 11.6 Å². The third kappa shape index (κ3) is 4.28. The van der Waals surface area contributed by atoms with Crippen LogP contribution in [-0.4, -0.2) is 37.0 Å². The van der Waals surface area contributed by atoms with Crippen LogP contribution in [0.15, 0.2) is 0 Å². The topological polar surface area (TPSA) is 36.9 Å². The Morgan fingerprint density at radius 2 is 1.30 bits per heavy atom. The van der Waals surface area contributed by atoms with Gasteiger partial charge in [-0.2, -0.15) is 0 Å². The smallest absolute Gasteiger partial charge is 0.169 e. The van der Waals surface area contributed by atoms with Crippen LogP contribution in [0.25, 0.3) is 0 Å². The van der Waals surface area contributed by atoms with Crippen molar-refractivity contribution < 1.29 is 18.9 Å². The Morgan fingerprint density at radius 1 is 0.783 bits per heavy atom. The molecule has 2 aliphatic heterocycles. The molecule has 1 saturated carbocycles. The van der Waals surface area contributed by atoms with Crippen LogP contribution in [0.3, 0.4) is 0 Å². The first-order valence-corrected chi connectivity index (χ1v) is 9.54. The predicted octanol–water partition coefficient (Wildman–Crippen LogP) is 4.27. The Kier molecular flexibility index (Phi) is 5.37. The lowest BCUT2D eigenvalue weighted by atomic mass is 9.89. The molecule has 0 amide bonds. The third-order valence-electron chi connectivity index (χ3n) is 5.40. The molecule has 4 heteroatoms. The van der Waals surface area contributed by atoms with Gasteiger partial charge < -0.3 is 18.9 Å². The van der Waals surface area contributed by atoms with Gasteiger partial charge >= 0.3 is 0 Å². The maximum atomic E-state index is 6.30. The zero-order chi connectivity index (χ0) is 16.5. The average Bonchev–Trinajstić information content (AvgIpc) is 3.06. The molecule has 4 nitrogen and oxygen atoms in total. The maximum Gasteiger partial charge on any atom is 0.169 e. The van der Waals surface area contributed by atoms with E-state index >= 15 is 0 Å². The van der Waals surface area contributed by atoms with Crippen LogP contribution in [0.5, 0.6) is 0 Å². The first kappa shape index (κ1) is 17.7. The highest BCUT2D eigenvalue weighted by Crippen LogP contribution is 2.47. The second kappa shape index (κ2) is 6.99. The molecule has 3 aliphatic rings. The zero-order valence-electron chi connectivity index (χ0n) is 15.3. The number of hydrogen-bond acceptors (Lipinski definition) is 4. The summed E-state index contributed by atoms with van der Waals surface area (Å²) in [7, 11) is 0. The summed E-state index contributed by atoms with van der Waals surface area (Å²) in [6, 6.07) is 0. The minimum Gasteiger partial charge on any atom is -0.347 e. The summed E-state index contributed by atoms with van der Waals surface area (Å²) >= 11 is 0. The normalized spacial score (nSPS) is 41.0. The second-order valence-corrected chi connectivity index (χ2v) is 8.52. The van der Waals surface area contributed by atoms with Crippen molar-refractivity contribution in [1.29, 1.82) is 0 Å². The zero-order valence-corrected chi connectivity index (χ0v) is 15.3. The molecule has 2 heterocycles. The van der Waals surface area contributed by atoms with E-state index in [1.807, 2.05) is 0 Å². The van der Waals surface area contributed by atoms with E-state index in [-0.39, 0.29) is 23.8 Å². The van der Waals surface area contributed by atoms with Gasteiger partial charge in [-0.3, -0.25) is 0 Å². The van der Waals surface area contributed by atoms with E-state index in [4.69, 9.17) is 18.9 Å². The summed E-state index contributed by atoms with van der Waals surface area (Å²) in [5, 5.41) is 0. The van der Waals surface area contributed by atoms with Gasteiger partial charge in [0.25, 0.3) is 0 Å². The minimum absolute atomic E-state index is 0.258. The highest BCUT2D eigenvalue weighted by Gasteiger charge is 2.52.